The molecule has 0 bridgehead atoms. The summed E-state index contributed by atoms with van der Waals surface area (Å²) in [5, 5.41) is 4.84. The monoisotopic (exact) mass is 356 g/mol. The molecule has 2 aromatic rings. The summed E-state index contributed by atoms with van der Waals surface area (Å²) < 4.78 is 0. The fourth-order valence-corrected chi connectivity index (χ4v) is 3.83. The Balaban J connectivity index is 1.47. The number of likely N-dealkylation sites (tertiary alicyclic amines) is 1. The largest absolute Gasteiger partial charge is 0.352 e. The molecule has 1 amide bonds. The van der Waals surface area contributed by atoms with Crippen molar-refractivity contribution in [2.24, 2.45) is 0 Å². The first-order valence-corrected chi connectivity index (χ1v) is 9.73. The molecule has 1 fully saturated rings. The average molecular weight is 356 g/mol. The number of Topliss-reactive ketones (excluding diaryl/α,β-unsaturated/α-hetero) is 1. The minimum atomic E-state index is -0.0686. The summed E-state index contributed by atoms with van der Waals surface area (Å²) in [5.41, 5.74) is 2.44. The number of ketones is 1. The minimum Gasteiger partial charge on any atom is -0.352 e. The molecule has 0 aliphatic carbocycles. The van der Waals surface area contributed by atoms with Gasteiger partial charge in [-0.1, -0.05) is 30.3 Å². The first-order chi connectivity index (χ1) is 12.2. The van der Waals surface area contributed by atoms with E-state index < -0.39 is 0 Å². The number of hydrogen-bond donors (Lipinski definition) is 1. The molecule has 4 nitrogen and oxygen atoms in total. The first kappa shape index (κ1) is 17.8. The zero-order chi connectivity index (χ0) is 17.5. The molecule has 1 aromatic carbocycles. The van der Waals surface area contributed by atoms with Gasteiger partial charge >= 0.3 is 0 Å². The average Bonchev–Trinajstić information content (AvgIpc) is 3.32. The van der Waals surface area contributed by atoms with Gasteiger partial charge in [0.1, 0.15) is 0 Å². The SMILES string of the molecule is O=C(CCC(=O)c1cccs1)NCc1ccccc1CN1CCCC1. The minimum absolute atomic E-state index is 0.0413. The Morgan fingerprint density at radius 3 is 2.48 bits per heavy atom. The number of benzene rings is 1. The summed E-state index contributed by atoms with van der Waals surface area (Å²) in [6, 6.07) is 11.9. The van der Waals surface area contributed by atoms with Gasteiger partial charge in [-0.15, -0.1) is 11.3 Å². The fraction of sp³-hybridized carbons (Fsp3) is 0.400. The number of amides is 1. The number of thiophene rings is 1. The van der Waals surface area contributed by atoms with E-state index in [1.54, 1.807) is 6.07 Å². The van der Waals surface area contributed by atoms with E-state index in [0.717, 1.165) is 30.1 Å². The van der Waals surface area contributed by atoms with Crippen LogP contribution in [0.25, 0.3) is 0 Å². The fourth-order valence-electron chi connectivity index (χ4n) is 3.14. The lowest BCUT2D eigenvalue weighted by atomic mass is 10.1. The van der Waals surface area contributed by atoms with Crippen LogP contribution in [0.4, 0.5) is 0 Å². The lowest BCUT2D eigenvalue weighted by Gasteiger charge is -2.17. The number of nitrogens with one attached hydrogen (secondary N) is 1. The van der Waals surface area contributed by atoms with E-state index in [4.69, 9.17) is 0 Å². The summed E-state index contributed by atoms with van der Waals surface area (Å²) in [7, 11) is 0. The van der Waals surface area contributed by atoms with Gasteiger partial charge in [0.25, 0.3) is 0 Å². The molecule has 1 saturated heterocycles. The second kappa shape index (κ2) is 8.92. The molecule has 2 heterocycles. The maximum atomic E-state index is 12.1. The van der Waals surface area contributed by atoms with Crippen LogP contribution in [0, 0.1) is 0 Å². The molecule has 0 spiro atoms. The Hall–Kier alpha value is -1.98. The highest BCUT2D eigenvalue weighted by atomic mass is 32.1. The molecule has 1 N–H and O–H groups in total. The second-order valence-electron chi connectivity index (χ2n) is 6.43. The third-order valence-electron chi connectivity index (χ3n) is 4.56. The summed E-state index contributed by atoms with van der Waals surface area (Å²) in [5.74, 6) is -0.0273. The number of carbonyl (C=O) groups excluding carboxylic acids is 2. The van der Waals surface area contributed by atoms with Crippen LogP contribution in [0.2, 0.25) is 0 Å². The summed E-state index contributed by atoms with van der Waals surface area (Å²) in [6.07, 6.45) is 3.06. The molecule has 0 unspecified atom stereocenters. The Morgan fingerprint density at radius 1 is 1.00 bits per heavy atom. The maximum absolute atomic E-state index is 12.1. The van der Waals surface area contributed by atoms with Crippen molar-refractivity contribution in [1.82, 2.24) is 10.2 Å². The Morgan fingerprint density at radius 2 is 1.76 bits per heavy atom. The zero-order valence-electron chi connectivity index (χ0n) is 14.4. The van der Waals surface area contributed by atoms with Gasteiger partial charge in [-0.2, -0.15) is 0 Å². The summed E-state index contributed by atoms with van der Waals surface area (Å²) >= 11 is 1.42. The van der Waals surface area contributed by atoms with Gasteiger partial charge in [0.05, 0.1) is 4.88 Å². The van der Waals surface area contributed by atoms with Crippen molar-refractivity contribution in [2.75, 3.05) is 13.1 Å². The predicted molar refractivity (Wildman–Crippen MR) is 101 cm³/mol. The van der Waals surface area contributed by atoms with Gasteiger partial charge in [0.15, 0.2) is 5.78 Å². The van der Waals surface area contributed by atoms with Gasteiger partial charge in [0.2, 0.25) is 5.91 Å². The molecular weight excluding hydrogens is 332 g/mol. The van der Waals surface area contributed by atoms with Gasteiger partial charge in [-0.3, -0.25) is 14.5 Å². The Kier molecular flexibility index (Phi) is 6.36. The van der Waals surface area contributed by atoms with Gasteiger partial charge < -0.3 is 5.32 Å². The van der Waals surface area contributed by atoms with Crippen molar-refractivity contribution in [3.8, 4) is 0 Å². The molecule has 25 heavy (non-hydrogen) atoms. The van der Waals surface area contributed by atoms with Crippen molar-refractivity contribution in [2.45, 2.75) is 38.8 Å². The lowest BCUT2D eigenvalue weighted by Crippen LogP contribution is -2.25. The highest BCUT2D eigenvalue weighted by Crippen LogP contribution is 2.16. The highest BCUT2D eigenvalue weighted by Gasteiger charge is 2.14. The first-order valence-electron chi connectivity index (χ1n) is 8.85. The molecule has 0 saturated carbocycles. The normalized spacial score (nSPS) is 14.6. The summed E-state index contributed by atoms with van der Waals surface area (Å²) in [4.78, 5) is 27.2. The van der Waals surface area contributed by atoms with E-state index in [9.17, 15) is 9.59 Å². The molecule has 0 atom stereocenters. The summed E-state index contributed by atoms with van der Waals surface area (Å²) in [6.45, 7) is 3.79. The molecule has 0 radical (unpaired) electrons. The number of hydrogen-bond acceptors (Lipinski definition) is 4. The van der Waals surface area contributed by atoms with Gasteiger partial charge in [0, 0.05) is 25.9 Å². The number of nitrogens with zero attached hydrogens (tertiary/aromatic N) is 1. The van der Waals surface area contributed by atoms with Crippen LogP contribution in [-0.4, -0.2) is 29.7 Å². The quantitative estimate of drug-likeness (QED) is 0.735. The van der Waals surface area contributed by atoms with E-state index in [0.29, 0.717) is 6.54 Å². The zero-order valence-corrected chi connectivity index (χ0v) is 15.2. The molecular formula is C20H24N2O2S. The van der Waals surface area contributed by atoms with E-state index in [-0.39, 0.29) is 24.5 Å². The third kappa shape index (κ3) is 5.25. The van der Waals surface area contributed by atoms with Crippen LogP contribution in [0.15, 0.2) is 41.8 Å². The van der Waals surface area contributed by atoms with Gasteiger partial charge in [-0.25, -0.2) is 0 Å². The third-order valence-corrected chi connectivity index (χ3v) is 5.47. The molecule has 3 rings (SSSR count). The maximum Gasteiger partial charge on any atom is 0.220 e. The van der Waals surface area contributed by atoms with E-state index in [2.05, 4.69) is 28.4 Å². The van der Waals surface area contributed by atoms with E-state index >= 15 is 0 Å². The molecule has 1 aliphatic heterocycles. The van der Waals surface area contributed by atoms with Crippen molar-refractivity contribution in [3.05, 3.63) is 57.8 Å². The standard InChI is InChI=1S/C20H24N2O2S/c23-18(19-8-5-13-25-19)9-10-20(24)21-14-16-6-1-2-7-17(16)15-22-11-3-4-12-22/h1-2,5-8,13H,3-4,9-12,14-15H2,(H,21,24). The topological polar surface area (TPSA) is 49.4 Å². The van der Waals surface area contributed by atoms with Crippen LogP contribution in [0.3, 0.4) is 0 Å². The van der Waals surface area contributed by atoms with Crippen molar-refractivity contribution in [3.63, 3.8) is 0 Å². The van der Waals surface area contributed by atoms with Crippen molar-refractivity contribution in [1.29, 1.82) is 0 Å². The number of carbonyl (C=O) groups is 2. The van der Waals surface area contributed by atoms with Gasteiger partial charge in [-0.05, 0) is 48.5 Å². The van der Waals surface area contributed by atoms with Crippen molar-refractivity contribution >= 4 is 23.0 Å². The van der Waals surface area contributed by atoms with Crippen LogP contribution < -0.4 is 5.32 Å². The van der Waals surface area contributed by atoms with E-state index in [1.165, 1.54) is 29.7 Å². The molecule has 132 valence electrons. The predicted octanol–water partition coefficient (Wildman–Crippen LogP) is 3.62. The number of rotatable bonds is 8. The van der Waals surface area contributed by atoms with Crippen LogP contribution in [-0.2, 0) is 17.9 Å². The lowest BCUT2D eigenvalue weighted by molar-refractivity contribution is -0.121. The molecule has 1 aliphatic rings. The van der Waals surface area contributed by atoms with Crippen LogP contribution in [0.5, 0.6) is 0 Å². The molecule has 1 aromatic heterocycles. The van der Waals surface area contributed by atoms with Crippen LogP contribution >= 0.6 is 11.3 Å². The Bertz CT molecular complexity index is 706. The Labute approximate surface area is 152 Å². The smallest absolute Gasteiger partial charge is 0.220 e. The van der Waals surface area contributed by atoms with Crippen molar-refractivity contribution < 1.29 is 9.59 Å². The van der Waals surface area contributed by atoms with E-state index in [1.807, 2.05) is 17.5 Å². The second-order valence-corrected chi connectivity index (χ2v) is 7.38. The highest BCUT2D eigenvalue weighted by molar-refractivity contribution is 7.12. The van der Waals surface area contributed by atoms with Crippen LogP contribution in [0.1, 0.15) is 46.5 Å². The molecule has 5 heteroatoms.